The van der Waals surface area contributed by atoms with Crippen molar-refractivity contribution in [3.8, 4) is 0 Å². The van der Waals surface area contributed by atoms with E-state index in [0.717, 1.165) is 12.1 Å². The van der Waals surface area contributed by atoms with Crippen LogP contribution in [0, 0.1) is 0 Å². The molecule has 3 N–H and O–H groups in total. The minimum Gasteiger partial charge on any atom is -0.353 e. The second kappa shape index (κ2) is 12.6. The Bertz CT molecular complexity index is 419. The molecule has 6 heteroatoms. The summed E-state index contributed by atoms with van der Waals surface area (Å²) >= 11 is 0. The number of benzene rings is 1. The average Bonchev–Trinajstić information content (AvgIpc) is 2.43. The molecule has 1 aromatic rings. The van der Waals surface area contributed by atoms with Gasteiger partial charge < -0.3 is 11.1 Å². The second-order valence-corrected chi connectivity index (χ2v) is 6.01. The van der Waals surface area contributed by atoms with Crippen LogP contribution < -0.4 is 11.1 Å². The molecule has 0 bridgehead atoms. The molecule has 0 fully saturated rings. The summed E-state index contributed by atoms with van der Waals surface area (Å²) < 4.78 is 0. The van der Waals surface area contributed by atoms with Gasteiger partial charge in [-0.15, -0.1) is 24.8 Å². The molecule has 0 saturated carbocycles. The molecule has 4 nitrogen and oxygen atoms in total. The molecule has 0 unspecified atom stereocenters. The zero-order valence-electron chi connectivity index (χ0n) is 14.5. The minimum atomic E-state index is -0.487. The molecule has 1 aromatic carbocycles. The van der Waals surface area contributed by atoms with E-state index in [1.54, 1.807) is 0 Å². The molecule has 1 atom stereocenters. The number of nitrogens with two attached hydrogens (primary N) is 1. The Hall–Kier alpha value is -0.810. The summed E-state index contributed by atoms with van der Waals surface area (Å²) in [5.74, 6) is -0.0775. The molecule has 0 heterocycles. The Balaban J connectivity index is 0. The second-order valence-electron chi connectivity index (χ2n) is 6.01. The van der Waals surface area contributed by atoms with Gasteiger partial charge in [0.1, 0.15) is 0 Å². The van der Waals surface area contributed by atoms with Crippen LogP contribution in [-0.2, 0) is 11.2 Å². The third kappa shape index (κ3) is 9.16. The topological polar surface area (TPSA) is 58.4 Å². The Morgan fingerprint density at radius 3 is 2.09 bits per heavy atom. The van der Waals surface area contributed by atoms with Gasteiger partial charge in [0, 0.05) is 25.2 Å². The lowest BCUT2D eigenvalue weighted by atomic mass is 10.1. The monoisotopic (exact) mass is 363 g/mol. The van der Waals surface area contributed by atoms with Crippen molar-refractivity contribution in [3.05, 3.63) is 35.9 Å². The maximum atomic E-state index is 12.0. The van der Waals surface area contributed by atoms with E-state index >= 15 is 0 Å². The average molecular weight is 364 g/mol. The van der Waals surface area contributed by atoms with Crippen molar-refractivity contribution < 1.29 is 4.79 Å². The van der Waals surface area contributed by atoms with Crippen LogP contribution in [0.2, 0.25) is 0 Å². The molecule has 0 spiro atoms. The molecule has 0 aliphatic rings. The van der Waals surface area contributed by atoms with Crippen molar-refractivity contribution in [2.24, 2.45) is 5.73 Å². The quantitative estimate of drug-likeness (QED) is 0.746. The highest BCUT2D eigenvalue weighted by Gasteiger charge is 2.16. The predicted octanol–water partition coefficient (Wildman–Crippen LogP) is 2.64. The molecule has 134 valence electrons. The first-order chi connectivity index (χ1) is 9.91. The molecular weight excluding hydrogens is 333 g/mol. The summed E-state index contributed by atoms with van der Waals surface area (Å²) in [7, 11) is 0. The molecule has 1 amide bonds. The maximum absolute atomic E-state index is 12.0. The Labute approximate surface area is 153 Å². The van der Waals surface area contributed by atoms with Crippen LogP contribution in [0.15, 0.2) is 30.3 Å². The zero-order chi connectivity index (χ0) is 15.8. The van der Waals surface area contributed by atoms with Gasteiger partial charge in [0.05, 0.1) is 6.04 Å². The molecule has 0 saturated heterocycles. The largest absolute Gasteiger partial charge is 0.353 e. The number of carbonyl (C=O) groups excluding carboxylic acids is 1. The minimum absolute atomic E-state index is 0. The molecule has 0 aliphatic heterocycles. The van der Waals surface area contributed by atoms with Crippen LogP contribution in [0.4, 0.5) is 0 Å². The van der Waals surface area contributed by atoms with E-state index in [0.29, 0.717) is 25.0 Å². The summed E-state index contributed by atoms with van der Waals surface area (Å²) in [6, 6.07) is 10.3. The van der Waals surface area contributed by atoms with Crippen molar-refractivity contribution in [2.45, 2.75) is 52.2 Å². The number of nitrogens with one attached hydrogen (secondary N) is 1. The fourth-order valence-electron chi connectivity index (χ4n) is 2.51. The smallest absolute Gasteiger partial charge is 0.237 e. The van der Waals surface area contributed by atoms with Gasteiger partial charge in [0.2, 0.25) is 5.91 Å². The highest BCUT2D eigenvalue weighted by Crippen LogP contribution is 2.04. The van der Waals surface area contributed by atoms with Crippen molar-refractivity contribution in [2.75, 3.05) is 13.1 Å². The van der Waals surface area contributed by atoms with Crippen molar-refractivity contribution in [1.82, 2.24) is 10.2 Å². The van der Waals surface area contributed by atoms with E-state index in [1.807, 2.05) is 30.3 Å². The molecule has 0 aliphatic carbocycles. The predicted molar refractivity (Wildman–Crippen MR) is 103 cm³/mol. The van der Waals surface area contributed by atoms with Gasteiger partial charge in [-0.2, -0.15) is 0 Å². The van der Waals surface area contributed by atoms with Gasteiger partial charge in [-0.1, -0.05) is 30.3 Å². The summed E-state index contributed by atoms with van der Waals surface area (Å²) in [6.07, 6.45) is 0.574. The number of nitrogens with zero attached hydrogens (tertiary/aromatic N) is 1. The standard InChI is InChI=1S/C17H29N3O.2ClH/c1-13(2)20(14(3)4)11-10-19-17(21)16(18)12-15-8-6-5-7-9-15;;/h5-9,13-14,16H,10-12,18H2,1-4H3,(H,19,21);2*1H/t16-;;/m0../s1. The normalized spacial score (nSPS) is 11.8. The van der Waals surface area contributed by atoms with E-state index in [1.165, 1.54) is 0 Å². The summed E-state index contributed by atoms with van der Waals surface area (Å²) in [6.45, 7) is 10.2. The van der Waals surface area contributed by atoms with Crippen LogP contribution in [-0.4, -0.2) is 42.0 Å². The first-order valence-electron chi connectivity index (χ1n) is 7.74. The molecule has 0 radical (unpaired) electrons. The van der Waals surface area contributed by atoms with E-state index in [4.69, 9.17) is 5.73 Å². The third-order valence-electron chi connectivity index (χ3n) is 3.63. The lowest BCUT2D eigenvalue weighted by Gasteiger charge is -2.30. The van der Waals surface area contributed by atoms with Crippen LogP contribution >= 0.6 is 24.8 Å². The Morgan fingerprint density at radius 2 is 1.61 bits per heavy atom. The third-order valence-corrected chi connectivity index (χ3v) is 3.63. The van der Waals surface area contributed by atoms with Crippen LogP contribution in [0.5, 0.6) is 0 Å². The van der Waals surface area contributed by atoms with Gasteiger partial charge in [-0.3, -0.25) is 9.69 Å². The van der Waals surface area contributed by atoms with Gasteiger partial charge >= 0.3 is 0 Å². The van der Waals surface area contributed by atoms with Gasteiger partial charge in [-0.05, 0) is 39.7 Å². The van der Waals surface area contributed by atoms with E-state index in [2.05, 4.69) is 37.9 Å². The lowest BCUT2D eigenvalue weighted by molar-refractivity contribution is -0.122. The van der Waals surface area contributed by atoms with E-state index in [9.17, 15) is 4.79 Å². The van der Waals surface area contributed by atoms with Crippen molar-refractivity contribution >= 4 is 30.7 Å². The number of halogens is 2. The fourth-order valence-corrected chi connectivity index (χ4v) is 2.51. The SMILES string of the molecule is CC(C)N(CCNC(=O)[C@@H](N)Cc1ccccc1)C(C)C.Cl.Cl. The molecule has 0 aromatic heterocycles. The van der Waals surface area contributed by atoms with E-state index < -0.39 is 6.04 Å². The highest BCUT2D eigenvalue weighted by atomic mass is 35.5. The Kier molecular flexibility index (Phi) is 13.4. The maximum Gasteiger partial charge on any atom is 0.237 e. The summed E-state index contributed by atoms with van der Waals surface area (Å²) in [5, 5.41) is 2.94. The number of hydrogen-bond donors (Lipinski definition) is 2. The van der Waals surface area contributed by atoms with Gasteiger partial charge in [-0.25, -0.2) is 0 Å². The highest BCUT2D eigenvalue weighted by molar-refractivity contribution is 5.85. The molecule has 1 rings (SSSR count). The molecular formula is C17H31Cl2N3O. The zero-order valence-corrected chi connectivity index (χ0v) is 16.1. The first kappa shape index (κ1) is 24.4. The summed E-state index contributed by atoms with van der Waals surface area (Å²) in [4.78, 5) is 14.4. The number of hydrogen-bond acceptors (Lipinski definition) is 3. The number of carbonyl (C=O) groups is 1. The van der Waals surface area contributed by atoms with Crippen molar-refractivity contribution in [1.29, 1.82) is 0 Å². The first-order valence-corrected chi connectivity index (χ1v) is 7.74. The summed E-state index contributed by atoms with van der Waals surface area (Å²) in [5.41, 5.74) is 7.05. The van der Waals surface area contributed by atoms with Crippen LogP contribution in [0.1, 0.15) is 33.3 Å². The van der Waals surface area contributed by atoms with Crippen LogP contribution in [0.25, 0.3) is 0 Å². The van der Waals surface area contributed by atoms with Gasteiger partial charge in [0.15, 0.2) is 0 Å². The number of amides is 1. The molecule has 23 heavy (non-hydrogen) atoms. The lowest BCUT2D eigenvalue weighted by Crippen LogP contribution is -2.47. The number of rotatable bonds is 8. The van der Waals surface area contributed by atoms with E-state index in [-0.39, 0.29) is 30.7 Å². The van der Waals surface area contributed by atoms with Gasteiger partial charge in [0.25, 0.3) is 0 Å². The van der Waals surface area contributed by atoms with Crippen molar-refractivity contribution in [3.63, 3.8) is 0 Å². The fraction of sp³-hybridized carbons (Fsp3) is 0.588. The van der Waals surface area contributed by atoms with Crippen LogP contribution in [0.3, 0.4) is 0 Å². The Morgan fingerprint density at radius 1 is 1.09 bits per heavy atom.